The summed E-state index contributed by atoms with van der Waals surface area (Å²) in [5, 5.41) is 4.69. The first kappa shape index (κ1) is 16.3. The first-order valence-electron chi connectivity index (χ1n) is 8.62. The average molecular weight is 348 g/mol. The number of ether oxygens (including phenoxy) is 1. The fourth-order valence-electron chi connectivity index (χ4n) is 3.20. The summed E-state index contributed by atoms with van der Waals surface area (Å²) in [4.78, 5) is 18.7. The van der Waals surface area contributed by atoms with E-state index in [9.17, 15) is 4.79 Å². The van der Waals surface area contributed by atoms with Crippen LogP contribution in [0.15, 0.2) is 54.7 Å². The molecule has 1 aromatic carbocycles. The van der Waals surface area contributed by atoms with Gasteiger partial charge in [-0.3, -0.25) is 9.48 Å². The van der Waals surface area contributed by atoms with Crippen LogP contribution in [0.25, 0.3) is 0 Å². The van der Waals surface area contributed by atoms with E-state index in [1.807, 2.05) is 27.8 Å². The lowest BCUT2D eigenvalue weighted by molar-refractivity contribution is 0.0705. The lowest BCUT2D eigenvalue weighted by Crippen LogP contribution is -2.38. The van der Waals surface area contributed by atoms with Crippen LogP contribution >= 0.6 is 0 Å². The van der Waals surface area contributed by atoms with Gasteiger partial charge < -0.3 is 9.64 Å². The second kappa shape index (κ2) is 7.00. The number of nitrogens with zero attached hydrogens (tertiary/aromatic N) is 4. The molecular weight excluding hydrogens is 328 g/mol. The lowest BCUT2D eigenvalue weighted by Gasteiger charge is -2.27. The zero-order chi connectivity index (χ0) is 17.9. The summed E-state index contributed by atoms with van der Waals surface area (Å²) >= 11 is 0. The second-order valence-corrected chi connectivity index (χ2v) is 6.33. The van der Waals surface area contributed by atoms with Crippen LogP contribution in [0.1, 0.15) is 27.3 Å². The van der Waals surface area contributed by atoms with Gasteiger partial charge in [0.1, 0.15) is 0 Å². The van der Waals surface area contributed by atoms with Crippen molar-refractivity contribution in [2.75, 3.05) is 13.7 Å². The van der Waals surface area contributed by atoms with Gasteiger partial charge in [-0.2, -0.15) is 5.10 Å². The molecule has 2 aromatic heterocycles. The molecule has 0 fully saturated rings. The third-order valence-electron chi connectivity index (χ3n) is 4.56. The van der Waals surface area contributed by atoms with Gasteiger partial charge in [0.25, 0.3) is 5.91 Å². The zero-order valence-corrected chi connectivity index (χ0v) is 14.6. The van der Waals surface area contributed by atoms with Gasteiger partial charge in [-0.05, 0) is 17.7 Å². The number of aromatic nitrogens is 3. The molecule has 6 heteroatoms. The molecule has 0 saturated carbocycles. The van der Waals surface area contributed by atoms with Gasteiger partial charge in [0.15, 0.2) is 0 Å². The van der Waals surface area contributed by atoms with Gasteiger partial charge in [-0.1, -0.05) is 30.3 Å². The molecule has 4 rings (SSSR count). The Bertz CT molecular complexity index is 903. The van der Waals surface area contributed by atoms with Crippen LogP contribution in [0.3, 0.4) is 0 Å². The highest BCUT2D eigenvalue weighted by atomic mass is 16.5. The maximum Gasteiger partial charge on any atom is 0.255 e. The lowest BCUT2D eigenvalue weighted by atomic mass is 10.1. The number of methoxy groups -OCH3 is 1. The van der Waals surface area contributed by atoms with Crippen molar-refractivity contribution < 1.29 is 9.53 Å². The van der Waals surface area contributed by atoms with E-state index in [0.717, 1.165) is 17.8 Å². The van der Waals surface area contributed by atoms with Crippen molar-refractivity contribution in [2.45, 2.75) is 19.5 Å². The minimum atomic E-state index is -0.0165. The van der Waals surface area contributed by atoms with E-state index < -0.39 is 0 Å². The third-order valence-corrected chi connectivity index (χ3v) is 4.56. The Morgan fingerprint density at radius 3 is 2.73 bits per heavy atom. The van der Waals surface area contributed by atoms with Gasteiger partial charge in [-0.25, -0.2) is 4.98 Å². The fraction of sp³-hybridized carbons (Fsp3) is 0.250. The SMILES string of the molecule is COc1ccc(C(=O)N2CCn3nc(Cc4ccccc4)cc3C2)cn1. The van der Waals surface area contributed by atoms with E-state index in [1.54, 1.807) is 25.4 Å². The molecule has 3 heterocycles. The summed E-state index contributed by atoms with van der Waals surface area (Å²) in [6.07, 6.45) is 2.37. The Balaban J connectivity index is 1.47. The third kappa shape index (κ3) is 3.31. The molecule has 6 nitrogen and oxygen atoms in total. The van der Waals surface area contributed by atoms with Crippen LogP contribution < -0.4 is 4.74 Å². The number of fused-ring (bicyclic) bond motifs is 1. The van der Waals surface area contributed by atoms with Crippen LogP contribution in [-0.2, 0) is 19.5 Å². The minimum Gasteiger partial charge on any atom is -0.481 e. The summed E-state index contributed by atoms with van der Waals surface area (Å²) in [6.45, 7) is 1.91. The first-order valence-corrected chi connectivity index (χ1v) is 8.62. The van der Waals surface area contributed by atoms with Gasteiger partial charge in [0.2, 0.25) is 5.88 Å². The maximum absolute atomic E-state index is 12.7. The molecule has 0 atom stereocenters. The highest BCUT2D eigenvalue weighted by molar-refractivity contribution is 5.94. The smallest absolute Gasteiger partial charge is 0.255 e. The molecule has 1 amide bonds. The van der Waals surface area contributed by atoms with E-state index in [0.29, 0.717) is 31.1 Å². The quantitative estimate of drug-likeness (QED) is 0.727. The summed E-state index contributed by atoms with van der Waals surface area (Å²) < 4.78 is 7.05. The Labute approximate surface area is 152 Å². The molecule has 0 unspecified atom stereocenters. The Morgan fingerprint density at radius 2 is 2.00 bits per heavy atom. The van der Waals surface area contributed by atoms with Crippen molar-refractivity contribution in [1.29, 1.82) is 0 Å². The topological polar surface area (TPSA) is 60.2 Å². The Kier molecular flexibility index (Phi) is 4.39. The van der Waals surface area contributed by atoms with Crippen LogP contribution in [-0.4, -0.2) is 39.2 Å². The van der Waals surface area contributed by atoms with Gasteiger partial charge in [0.05, 0.1) is 37.2 Å². The minimum absolute atomic E-state index is 0.0165. The number of benzene rings is 1. The number of carbonyl (C=O) groups excluding carboxylic acids is 1. The molecule has 0 radical (unpaired) electrons. The highest BCUT2D eigenvalue weighted by Gasteiger charge is 2.23. The van der Waals surface area contributed by atoms with Crippen molar-refractivity contribution in [3.8, 4) is 5.88 Å². The van der Waals surface area contributed by atoms with Gasteiger partial charge in [-0.15, -0.1) is 0 Å². The molecule has 0 spiro atoms. The van der Waals surface area contributed by atoms with E-state index in [2.05, 4.69) is 28.3 Å². The van der Waals surface area contributed by atoms with E-state index in [1.165, 1.54) is 5.56 Å². The number of amides is 1. The van der Waals surface area contributed by atoms with E-state index in [4.69, 9.17) is 4.74 Å². The zero-order valence-electron chi connectivity index (χ0n) is 14.6. The first-order chi connectivity index (χ1) is 12.7. The van der Waals surface area contributed by atoms with Crippen molar-refractivity contribution in [1.82, 2.24) is 19.7 Å². The molecule has 0 N–H and O–H groups in total. The second-order valence-electron chi connectivity index (χ2n) is 6.33. The fourth-order valence-corrected chi connectivity index (χ4v) is 3.20. The predicted molar refractivity (Wildman–Crippen MR) is 97.0 cm³/mol. The van der Waals surface area contributed by atoms with Crippen LogP contribution in [0.2, 0.25) is 0 Å². The molecule has 1 aliphatic heterocycles. The number of pyridine rings is 1. The van der Waals surface area contributed by atoms with Crippen molar-refractivity contribution in [2.24, 2.45) is 0 Å². The molecule has 0 saturated heterocycles. The highest BCUT2D eigenvalue weighted by Crippen LogP contribution is 2.18. The van der Waals surface area contributed by atoms with E-state index >= 15 is 0 Å². The molecule has 3 aromatic rings. The molecule has 0 bridgehead atoms. The Hall–Kier alpha value is -3.15. The molecule has 1 aliphatic rings. The van der Waals surface area contributed by atoms with Crippen molar-refractivity contribution in [3.63, 3.8) is 0 Å². The largest absolute Gasteiger partial charge is 0.481 e. The van der Waals surface area contributed by atoms with Crippen molar-refractivity contribution >= 4 is 5.91 Å². The van der Waals surface area contributed by atoms with Crippen LogP contribution in [0.4, 0.5) is 0 Å². The average Bonchev–Trinajstić information content (AvgIpc) is 3.09. The monoisotopic (exact) mass is 348 g/mol. The standard InChI is InChI=1S/C20H20N4O2/c1-26-19-8-7-16(13-21-19)20(25)23-9-10-24-18(14-23)12-17(22-24)11-15-5-3-2-4-6-15/h2-8,12-13H,9-11,14H2,1H3. The van der Waals surface area contributed by atoms with Gasteiger partial charge in [0, 0.05) is 25.2 Å². The summed E-state index contributed by atoms with van der Waals surface area (Å²) in [5.74, 6) is 0.487. The molecule has 0 aliphatic carbocycles. The number of carbonyl (C=O) groups is 1. The summed E-state index contributed by atoms with van der Waals surface area (Å²) in [6, 6.07) is 15.8. The van der Waals surface area contributed by atoms with Crippen LogP contribution in [0, 0.1) is 0 Å². The number of rotatable bonds is 4. The number of hydrogen-bond donors (Lipinski definition) is 0. The summed E-state index contributed by atoms with van der Waals surface area (Å²) in [7, 11) is 1.56. The normalized spacial score (nSPS) is 13.3. The van der Waals surface area contributed by atoms with Crippen LogP contribution in [0.5, 0.6) is 5.88 Å². The van der Waals surface area contributed by atoms with Crippen molar-refractivity contribution in [3.05, 3.63) is 77.2 Å². The van der Waals surface area contributed by atoms with Gasteiger partial charge >= 0.3 is 0 Å². The molecule has 132 valence electrons. The summed E-state index contributed by atoms with van der Waals surface area (Å²) in [5.41, 5.74) is 3.91. The Morgan fingerprint density at radius 1 is 1.15 bits per heavy atom. The molecular formula is C20H20N4O2. The predicted octanol–water partition coefficient (Wildman–Crippen LogP) is 2.53. The maximum atomic E-state index is 12.7. The molecule has 26 heavy (non-hydrogen) atoms. The van der Waals surface area contributed by atoms with E-state index in [-0.39, 0.29) is 5.91 Å². The number of hydrogen-bond acceptors (Lipinski definition) is 4.